The van der Waals surface area contributed by atoms with Crippen molar-refractivity contribution in [3.63, 3.8) is 0 Å². The molecule has 1 heterocycles. The number of rotatable bonds is 1. The Morgan fingerprint density at radius 3 is 2.36 bits per heavy atom. The second kappa shape index (κ2) is 3.33. The summed E-state index contributed by atoms with van der Waals surface area (Å²) in [7, 11) is 4.07. The molecule has 1 aliphatic heterocycles. The molecule has 0 aromatic rings. The number of carbonyl (C=O) groups is 1. The van der Waals surface area contributed by atoms with Crippen molar-refractivity contribution in [2.45, 2.75) is 12.6 Å². The molecule has 0 atom stereocenters. The van der Waals surface area contributed by atoms with Crippen molar-refractivity contribution in [2.75, 3.05) is 14.1 Å². The number of hydrogen-bond donors (Lipinski definition) is 0. The van der Waals surface area contributed by atoms with E-state index in [-0.39, 0.29) is 11.9 Å². The summed E-state index contributed by atoms with van der Waals surface area (Å²) < 4.78 is 0. The highest BCUT2D eigenvalue weighted by molar-refractivity contribution is 5.92. The van der Waals surface area contributed by atoms with Crippen molar-refractivity contribution >= 4 is 5.78 Å². The Balaban J connectivity index is 2.17. The molecule has 0 N–H and O–H groups in total. The molecule has 0 spiro atoms. The van der Waals surface area contributed by atoms with Gasteiger partial charge in [-0.1, -0.05) is 12.2 Å². The lowest BCUT2D eigenvalue weighted by Gasteiger charge is -2.29. The van der Waals surface area contributed by atoms with Crippen molar-refractivity contribution in [3.05, 3.63) is 36.2 Å². The number of carbonyl (C=O) groups excluding carboxylic acids is 1. The van der Waals surface area contributed by atoms with Crippen LogP contribution < -0.4 is 0 Å². The van der Waals surface area contributed by atoms with Gasteiger partial charge in [0.05, 0.1) is 0 Å². The van der Waals surface area contributed by atoms with Crippen LogP contribution >= 0.6 is 0 Å². The van der Waals surface area contributed by atoms with Gasteiger partial charge in [0, 0.05) is 32.9 Å². The fourth-order valence-corrected chi connectivity index (χ4v) is 1.87. The summed E-state index contributed by atoms with van der Waals surface area (Å²) in [5.41, 5.74) is 1.19. The average molecular weight is 190 g/mol. The molecule has 0 aromatic heterocycles. The Kier molecular flexibility index (Phi) is 2.15. The standard InChI is InChI=1S/C11H14N2O/c1-12-7-8-13(2)11(12)9-3-5-10(14)6-4-9/h3-5,7-8,11H,6H2,1-2H3. The van der Waals surface area contributed by atoms with Gasteiger partial charge in [-0.25, -0.2) is 0 Å². The first-order valence-corrected chi connectivity index (χ1v) is 4.71. The summed E-state index contributed by atoms with van der Waals surface area (Å²) >= 11 is 0. The minimum atomic E-state index is 0.185. The molecular weight excluding hydrogens is 176 g/mol. The lowest BCUT2D eigenvalue weighted by atomic mass is 10.0. The van der Waals surface area contributed by atoms with Gasteiger partial charge >= 0.3 is 0 Å². The number of nitrogens with zero attached hydrogens (tertiary/aromatic N) is 2. The Bertz CT molecular complexity index is 329. The van der Waals surface area contributed by atoms with Crippen molar-refractivity contribution < 1.29 is 4.79 Å². The smallest absolute Gasteiger partial charge is 0.159 e. The predicted octanol–water partition coefficient (Wildman–Crippen LogP) is 1.12. The van der Waals surface area contributed by atoms with Crippen molar-refractivity contribution in [2.24, 2.45) is 0 Å². The monoisotopic (exact) mass is 190 g/mol. The van der Waals surface area contributed by atoms with Crippen LogP contribution in [0.4, 0.5) is 0 Å². The van der Waals surface area contributed by atoms with E-state index in [1.807, 2.05) is 38.6 Å². The Morgan fingerprint density at radius 1 is 1.21 bits per heavy atom. The van der Waals surface area contributed by atoms with Crippen LogP contribution in [-0.2, 0) is 4.79 Å². The third kappa shape index (κ3) is 1.45. The van der Waals surface area contributed by atoms with Crippen LogP contribution in [0.5, 0.6) is 0 Å². The Morgan fingerprint density at radius 2 is 1.86 bits per heavy atom. The van der Waals surface area contributed by atoms with Gasteiger partial charge in [-0.3, -0.25) is 4.79 Å². The summed E-state index contributed by atoms with van der Waals surface area (Å²) in [6.07, 6.45) is 10.4. The van der Waals surface area contributed by atoms with E-state index in [2.05, 4.69) is 9.80 Å². The van der Waals surface area contributed by atoms with E-state index in [0.29, 0.717) is 6.42 Å². The normalized spacial score (nSPS) is 22.1. The summed E-state index contributed by atoms with van der Waals surface area (Å²) in [5.74, 6) is 0.185. The topological polar surface area (TPSA) is 23.6 Å². The summed E-state index contributed by atoms with van der Waals surface area (Å²) in [6, 6.07) is 0. The maximum absolute atomic E-state index is 11.0. The van der Waals surface area contributed by atoms with Gasteiger partial charge in [-0.05, 0) is 11.6 Å². The molecule has 0 aromatic carbocycles. The molecule has 2 rings (SSSR count). The van der Waals surface area contributed by atoms with Gasteiger partial charge in [0.25, 0.3) is 0 Å². The largest absolute Gasteiger partial charge is 0.355 e. The second-order valence-corrected chi connectivity index (χ2v) is 3.71. The first-order chi connectivity index (χ1) is 6.68. The van der Waals surface area contributed by atoms with Gasteiger partial charge in [0.2, 0.25) is 0 Å². The zero-order valence-electron chi connectivity index (χ0n) is 8.47. The summed E-state index contributed by atoms with van der Waals surface area (Å²) in [6.45, 7) is 0. The molecule has 0 amide bonds. The van der Waals surface area contributed by atoms with Crippen LogP contribution in [0.2, 0.25) is 0 Å². The molecule has 0 saturated heterocycles. The molecule has 0 bridgehead atoms. The van der Waals surface area contributed by atoms with Crippen molar-refractivity contribution in [1.82, 2.24) is 9.80 Å². The Labute approximate surface area is 84.0 Å². The molecule has 1 aliphatic carbocycles. The molecule has 3 heteroatoms. The molecule has 3 nitrogen and oxygen atoms in total. The summed E-state index contributed by atoms with van der Waals surface area (Å²) in [4.78, 5) is 15.3. The number of allylic oxidation sites excluding steroid dienone is 2. The predicted molar refractivity (Wildman–Crippen MR) is 55.3 cm³/mol. The van der Waals surface area contributed by atoms with Crippen molar-refractivity contribution in [1.29, 1.82) is 0 Å². The maximum Gasteiger partial charge on any atom is 0.159 e. The van der Waals surface area contributed by atoms with Crippen LogP contribution in [-0.4, -0.2) is 35.8 Å². The minimum absolute atomic E-state index is 0.185. The molecule has 0 fully saturated rings. The lowest BCUT2D eigenvalue weighted by molar-refractivity contribution is -0.113. The van der Waals surface area contributed by atoms with Gasteiger partial charge in [0.15, 0.2) is 5.78 Å². The van der Waals surface area contributed by atoms with E-state index >= 15 is 0 Å². The van der Waals surface area contributed by atoms with Gasteiger partial charge < -0.3 is 9.80 Å². The maximum atomic E-state index is 11.0. The highest BCUT2D eigenvalue weighted by atomic mass is 16.1. The first-order valence-electron chi connectivity index (χ1n) is 4.71. The molecule has 14 heavy (non-hydrogen) atoms. The fraction of sp³-hybridized carbons (Fsp3) is 0.364. The van der Waals surface area contributed by atoms with Gasteiger partial charge in [0.1, 0.15) is 6.17 Å². The minimum Gasteiger partial charge on any atom is -0.355 e. The van der Waals surface area contributed by atoms with Crippen LogP contribution in [0.1, 0.15) is 6.42 Å². The van der Waals surface area contributed by atoms with E-state index in [0.717, 1.165) is 0 Å². The third-order valence-corrected chi connectivity index (χ3v) is 2.61. The van der Waals surface area contributed by atoms with Crippen LogP contribution in [0, 0.1) is 0 Å². The molecule has 2 aliphatic rings. The number of likely N-dealkylation sites (N-methyl/N-ethyl adjacent to an activating group) is 2. The van der Waals surface area contributed by atoms with Crippen LogP contribution in [0.25, 0.3) is 0 Å². The molecular formula is C11H14N2O. The molecule has 0 saturated carbocycles. The zero-order valence-corrected chi connectivity index (χ0v) is 8.47. The van der Waals surface area contributed by atoms with E-state index in [1.54, 1.807) is 6.08 Å². The quantitative estimate of drug-likeness (QED) is 0.619. The van der Waals surface area contributed by atoms with E-state index < -0.39 is 0 Å². The SMILES string of the molecule is CN1C=CN(C)C1C1=CCC(=O)C=C1. The highest BCUT2D eigenvalue weighted by Gasteiger charge is 2.24. The average Bonchev–Trinajstić information content (AvgIpc) is 2.49. The van der Waals surface area contributed by atoms with Gasteiger partial charge in [-0.15, -0.1) is 0 Å². The fourth-order valence-electron chi connectivity index (χ4n) is 1.87. The van der Waals surface area contributed by atoms with E-state index in [9.17, 15) is 4.79 Å². The third-order valence-electron chi connectivity index (χ3n) is 2.61. The molecule has 74 valence electrons. The summed E-state index contributed by atoms with van der Waals surface area (Å²) in [5, 5.41) is 0. The first kappa shape index (κ1) is 9.06. The van der Waals surface area contributed by atoms with E-state index in [4.69, 9.17) is 0 Å². The van der Waals surface area contributed by atoms with Crippen LogP contribution in [0.3, 0.4) is 0 Å². The number of hydrogen-bond acceptors (Lipinski definition) is 3. The zero-order chi connectivity index (χ0) is 10.1. The van der Waals surface area contributed by atoms with Crippen molar-refractivity contribution in [3.8, 4) is 0 Å². The lowest BCUT2D eigenvalue weighted by Crippen LogP contribution is -2.35. The molecule has 0 unspecified atom stereocenters. The highest BCUT2D eigenvalue weighted by Crippen LogP contribution is 2.22. The Hall–Kier alpha value is -1.51. The van der Waals surface area contributed by atoms with Gasteiger partial charge in [-0.2, -0.15) is 0 Å². The second-order valence-electron chi connectivity index (χ2n) is 3.71. The van der Waals surface area contributed by atoms with Crippen LogP contribution in [0.15, 0.2) is 36.2 Å². The molecule has 0 radical (unpaired) electrons. The van der Waals surface area contributed by atoms with E-state index in [1.165, 1.54) is 5.57 Å². The number of ketones is 1.